The monoisotopic (exact) mass is 371 g/mol. The Morgan fingerprint density at radius 3 is 2.59 bits per heavy atom. The quantitative estimate of drug-likeness (QED) is 0.817. The molecule has 0 radical (unpaired) electrons. The van der Waals surface area contributed by atoms with E-state index >= 15 is 0 Å². The number of amides is 1. The highest BCUT2D eigenvalue weighted by atomic mass is 79.9. The second-order valence-electron chi connectivity index (χ2n) is 5.76. The first-order valence-corrected chi connectivity index (χ1v) is 8.16. The number of carbonyl (C=O) groups is 1. The van der Waals surface area contributed by atoms with Gasteiger partial charge in [0.2, 0.25) is 5.91 Å². The number of anilines is 1. The second kappa shape index (κ2) is 7.23. The van der Waals surface area contributed by atoms with E-state index in [2.05, 4.69) is 36.1 Å². The molecular formula is C14H22BrN5O2. The third-order valence-electron chi connectivity index (χ3n) is 3.59. The Morgan fingerprint density at radius 2 is 2.00 bits per heavy atom. The van der Waals surface area contributed by atoms with E-state index in [4.69, 9.17) is 0 Å². The van der Waals surface area contributed by atoms with E-state index in [0.29, 0.717) is 11.0 Å². The van der Waals surface area contributed by atoms with E-state index in [1.54, 1.807) is 13.2 Å². The van der Waals surface area contributed by atoms with Gasteiger partial charge in [-0.25, -0.2) is 4.68 Å². The number of carbonyl (C=O) groups excluding carboxylic acids is 1. The molecule has 1 saturated heterocycles. The molecule has 1 aliphatic rings. The second-order valence-corrected chi connectivity index (χ2v) is 6.55. The van der Waals surface area contributed by atoms with Crippen LogP contribution in [-0.4, -0.2) is 59.4 Å². The van der Waals surface area contributed by atoms with E-state index in [1.807, 2.05) is 13.8 Å². The van der Waals surface area contributed by atoms with E-state index in [1.165, 1.54) is 4.68 Å². The Bertz CT molecular complexity index is 593. The Labute approximate surface area is 138 Å². The fourth-order valence-electron chi connectivity index (χ4n) is 2.44. The normalized spacial score (nSPS) is 16.1. The Morgan fingerprint density at radius 1 is 1.36 bits per heavy atom. The van der Waals surface area contributed by atoms with Crippen molar-refractivity contribution in [3.8, 4) is 0 Å². The van der Waals surface area contributed by atoms with Crippen molar-refractivity contribution >= 4 is 27.5 Å². The molecule has 1 N–H and O–H groups in total. The largest absolute Gasteiger partial charge is 0.367 e. The van der Waals surface area contributed by atoms with Gasteiger partial charge < -0.3 is 10.2 Å². The van der Waals surface area contributed by atoms with Crippen molar-refractivity contribution in [2.45, 2.75) is 19.9 Å². The molecule has 0 aliphatic carbocycles. The maximum Gasteiger partial charge on any atom is 0.282 e. The van der Waals surface area contributed by atoms with Gasteiger partial charge in [0.05, 0.1) is 18.4 Å². The van der Waals surface area contributed by atoms with Crippen LogP contribution in [-0.2, 0) is 11.8 Å². The minimum absolute atomic E-state index is 0.0554. The fraction of sp³-hybridized carbons (Fsp3) is 0.643. The van der Waals surface area contributed by atoms with Crippen LogP contribution in [0.2, 0.25) is 0 Å². The molecule has 22 heavy (non-hydrogen) atoms. The molecule has 0 spiro atoms. The topological polar surface area (TPSA) is 70.5 Å². The highest BCUT2D eigenvalue weighted by molar-refractivity contribution is 9.10. The standard InChI is InChI=1S/C14H22BrN5O2/c1-10(2)17-12(21)9-19-4-6-20(7-5-19)11-8-16-18(3)14(22)13(11)15/h8,10H,4-7,9H2,1-3H3,(H,17,21). The summed E-state index contributed by atoms with van der Waals surface area (Å²) in [7, 11) is 1.63. The summed E-state index contributed by atoms with van der Waals surface area (Å²) in [5.41, 5.74) is 0.672. The summed E-state index contributed by atoms with van der Waals surface area (Å²) in [4.78, 5) is 27.9. The third-order valence-corrected chi connectivity index (χ3v) is 4.34. The molecule has 122 valence electrons. The lowest BCUT2D eigenvalue weighted by molar-refractivity contribution is -0.122. The zero-order valence-electron chi connectivity index (χ0n) is 13.2. The number of piperazine rings is 1. The predicted molar refractivity (Wildman–Crippen MR) is 89.1 cm³/mol. The van der Waals surface area contributed by atoms with E-state index in [-0.39, 0.29) is 17.5 Å². The predicted octanol–water partition coefficient (Wildman–Crippen LogP) is 0.189. The van der Waals surface area contributed by atoms with Crippen LogP contribution in [0.5, 0.6) is 0 Å². The number of nitrogens with zero attached hydrogens (tertiary/aromatic N) is 4. The van der Waals surface area contributed by atoms with Gasteiger partial charge >= 0.3 is 0 Å². The van der Waals surface area contributed by atoms with Crippen LogP contribution < -0.4 is 15.8 Å². The summed E-state index contributed by atoms with van der Waals surface area (Å²) >= 11 is 3.36. The van der Waals surface area contributed by atoms with Gasteiger partial charge in [0.25, 0.3) is 5.56 Å². The molecule has 0 aromatic carbocycles. The first-order chi connectivity index (χ1) is 10.4. The number of hydrogen-bond acceptors (Lipinski definition) is 5. The molecule has 0 unspecified atom stereocenters. The molecule has 1 amide bonds. The average Bonchev–Trinajstić information content (AvgIpc) is 2.45. The van der Waals surface area contributed by atoms with Crippen LogP contribution in [0.15, 0.2) is 15.5 Å². The van der Waals surface area contributed by atoms with Crippen LogP contribution >= 0.6 is 15.9 Å². The van der Waals surface area contributed by atoms with Crippen LogP contribution in [0.25, 0.3) is 0 Å². The first-order valence-electron chi connectivity index (χ1n) is 7.37. The van der Waals surface area contributed by atoms with Crippen LogP contribution in [0, 0.1) is 0 Å². The van der Waals surface area contributed by atoms with Crippen molar-refractivity contribution in [1.29, 1.82) is 0 Å². The van der Waals surface area contributed by atoms with Crippen LogP contribution in [0.3, 0.4) is 0 Å². The molecular weight excluding hydrogens is 350 g/mol. The highest BCUT2D eigenvalue weighted by Crippen LogP contribution is 2.22. The van der Waals surface area contributed by atoms with Gasteiger partial charge in [0.1, 0.15) is 4.47 Å². The number of hydrogen-bond donors (Lipinski definition) is 1. The van der Waals surface area contributed by atoms with Gasteiger partial charge in [-0.05, 0) is 29.8 Å². The minimum Gasteiger partial charge on any atom is -0.367 e. The molecule has 7 nitrogen and oxygen atoms in total. The summed E-state index contributed by atoms with van der Waals surface area (Å²) < 4.78 is 1.84. The number of aromatic nitrogens is 2. The Balaban J connectivity index is 1.94. The molecule has 0 atom stereocenters. The third kappa shape index (κ3) is 4.07. The molecule has 0 bridgehead atoms. The van der Waals surface area contributed by atoms with Gasteiger partial charge in [-0.1, -0.05) is 0 Å². The Hall–Kier alpha value is -1.41. The van der Waals surface area contributed by atoms with Crippen molar-refractivity contribution in [3.05, 3.63) is 21.0 Å². The number of rotatable bonds is 4. The molecule has 1 fully saturated rings. The lowest BCUT2D eigenvalue weighted by Crippen LogP contribution is -2.50. The summed E-state index contributed by atoms with van der Waals surface area (Å²) in [5.74, 6) is 0.0554. The molecule has 8 heteroatoms. The fourth-order valence-corrected chi connectivity index (χ4v) is 3.05. The van der Waals surface area contributed by atoms with Gasteiger partial charge in [0, 0.05) is 39.3 Å². The number of nitrogens with one attached hydrogen (secondary N) is 1. The lowest BCUT2D eigenvalue weighted by atomic mass is 10.2. The van der Waals surface area contributed by atoms with Crippen molar-refractivity contribution in [3.63, 3.8) is 0 Å². The molecule has 2 heterocycles. The molecule has 1 aromatic heterocycles. The average molecular weight is 372 g/mol. The molecule has 2 rings (SSSR count). The zero-order valence-corrected chi connectivity index (χ0v) is 14.8. The summed E-state index contributed by atoms with van der Waals surface area (Å²) in [6.07, 6.45) is 1.70. The van der Waals surface area contributed by atoms with Crippen LogP contribution in [0.4, 0.5) is 5.69 Å². The van der Waals surface area contributed by atoms with E-state index in [9.17, 15) is 9.59 Å². The number of halogens is 1. The van der Waals surface area contributed by atoms with Gasteiger partial charge in [-0.15, -0.1) is 0 Å². The highest BCUT2D eigenvalue weighted by Gasteiger charge is 2.22. The van der Waals surface area contributed by atoms with E-state index in [0.717, 1.165) is 31.9 Å². The summed E-state index contributed by atoms with van der Waals surface area (Å²) in [6, 6.07) is 0.163. The Kier molecular flexibility index (Phi) is 5.57. The van der Waals surface area contributed by atoms with Crippen molar-refractivity contribution in [1.82, 2.24) is 20.0 Å². The molecule has 0 saturated carbocycles. The van der Waals surface area contributed by atoms with Gasteiger partial charge in [-0.2, -0.15) is 5.10 Å². The van der Waals surface area contributed by atoms with Gasteiger partial charge in [0.15, 0.2) is 0 Å². The maximum atomic E-state index is 11.9. The first kappa shape index (κ1) is 17.0. The van der Waals surface area contributed by atoms with Crippen molar-refractivity contribution in [2.75, 3.05) is 37.6 Å². The smallest absolute Gasteiger partial charge is 0.282 e. The van der Waals surface area contributed by atoms with Crippen LogP contribution in [0.1, 0.15) is 13.8 Å². The van der Waals surface area contributed by atoms with E-state index < -0.39 is 0 Å². The maximum absolute atomic E-state index is 11.9. The summed E-state index contributed by atoms with van der Waals surface area (Å²) in [5, 5.41) is 6.97. The SMILES string of the molecule is CC(C)NC(=O)CN1CCN(c2cnn(C)c(=O)c2Br)CC1. The van der Waals surface area contributed by atoms with Gasteiger partial charge in [-0.3, -0.25) is 14.5 Å². The summed E-state index contributed by atoms with van der Waals surface area (Å²) in [6.45, 7) is 7.43. The lowest BCUT2D eigenvalue weighted by Gasteiger charge is -2.35. The van der Waals surface area contributed by atoms with Crippen molar-refractivity contribution < 1.29 is 4.79 Å². The molecule has 1 aliphatic heterocycles. The van der Waals surface area contributed by atoms with Crippen molar-refractivity contribution in [2.24, 2.45) is 7.05 Å². The molecule has 1 aromatic rings. The zero-order chi connectivity index (χ0) is 16.3. The minimum atomic E-state index is -0.142. The number of aryl methyl sites for hydroxylation is 1.